The van der Waals surface area contributed by atoms with Gasteiger partial charge < -0.3 is 10.4 Å². The van der Waals surface area contributed by atoms with Gasteiger partial charge in [-0.1, -0.05) is 0 Å². The Morgan fingerprint density at radius 2 is 2.44 bits per heavy atom. The predicted octanol–water partition coefficient (Wildman–Crippen LogP) is 0.367. The molecule has 2 heteroatoms. The number of nitrogens with one attached hydrogen (secondary N) is 1. The number of hydrogen-bond acceptors (Lipinski definition) is 2. The fraction of sp³-hybridized carbons (Fsp3) is 1.00. The van der Waals surface area contributed by atoms with Gasteiger partial charge in [-0.2, -0.15) is 0 Å². The molecular formula is C7H15NO. The Labute approximate surface area is 56.3 Å². The highest BCUT2D eigenvalue weighted by atomic mass is 16.3. The maximum atomic E-state index is 9.46. The van der Waals surface area contributed by atoms with E-state index in [1.807, 2.05) is 14.0 Å². The van der Waals surface area contributed by atoms with Gasteiger partial charge in [0.15, 0.2) is 0 Å². The second-order valence-corrected chi connectivity index (χ2v) is 3.15. The smallest absolute Gasteiger partial charge is 0.0660 e. The van der Waals surface area contributed by atoms with Crippen molar-refractivity contribution in [3.05, 3.63) is 0 Å². The summed E-state index contributed by atoms with van der Waals surface area (Å²) >= 11 is 0. The second kappa shape index (κ2) is 2.27. The summed E-state index contributed by atoms with van der Waals surface area (Å²) in [5.41, 5.74) is -0.372. The Morgan fingerprint density at radius 3 is 2.56 bits per heavy atom. The van der Waals surface area contributed by atoms with Crippen LogP contribution in [-0.2, 0) is 0 Å². The topological polar surface area (TPSA) is 32.3 Å². The van der Waals surface area contributed by atoms with Crippen molar-refractivity contribution in [1.29, 1.82) is 0 Å². The third-order valence-electron chi connectivity index (χ3n) is 2.33. The van der Waals surface area contributed by atoms with E-state index in [1.165, 1.54) is 6.42 Å². The van der Waals surface area contributed by atoms with Crippen LogP contribution in [0.25, 0.3) is 0 Å². The number of hydrogen-bond donors (Lipinski definition) is 2. The summed E-state index contributed by atoms with van der Waals surface area (Å²) in [4.78, 5) is 0. The van der Waals surface area contributed by atoms with Gasteiger partial charge in [-0.05, 0) is 32.7 Å². The molecule has 0 amide bonds. The van der Waals surface area contributed by atoms with Crippen LogP contribution < -0.4 is 5.32 Å². The van der Waals surface area contributed by atoms with Crippen molar-refractivity contribution in [2.45, 2.75) is 25.4 Å². The van der Waals surface area contributed by atoms with Crippen LogP contribution in [-0.4, -0.2) is 24.3 Å². The largest absolute Gasteiger partial charge is 0.390 e. The van der Waals surface area contributed by atoms with Crippen LogP contribution >= 0.6 is 0 Å². The van der Waals surface area contributed by atoms with E-state index >= 15 is 0 Å². The Morgan fingerprint density at radius 1 is 1.78 bits per heavy atom. The van der Waals surface area contributed by atoms with Gasteiger partial charge in [0.25, 0.3) is 0 Å². The summed E-state index contributed by atoms with van der Waals surface area (Å²) in [7, 11) is 1.92. The molecule has 0 aromatic heterocycles. The van der Waals surface area contributed by atoms with E-state index < -0.39 is 0 Å². The zero-order valence-electron chi connectivity index (χ0n) is 6.15. The van der Waals surface area contributed by atoms with Gasteiger partial charge in [0.2, 0.25) is 0 Å². The van der Waals surface area contributed by atoms with Crippen molar-refractivity contribution in [3.8, 4) is 0 Å². The van der Waals surface area contributed by atoms with Crippen molar-refractivity contribution >= 4 is 0 Å². The first-order chi connectivity index (χ1) is 4.17. The summed E-state index contributed by atoms with van der Waals surface area (Å²) in [5.74, 6) is 0.488. The molecule has 1 rings (SSSR count). The van der Waals surface area contributed by atoms with Gasteiger partial charge in [0, 0.05) is 6.54 Å². The van der Waals surface area contributed by atoms with Gasteiger partial charge in [0.1, 0.15) is 0 Å². The molecule has 2 atom stereocenters. The van der Waals surface area contributed by atoms with E-state index in [0.717, 1.165) is 13.0 Å². The standard InChI is InChI=1S/C7H15NO/c1-7(9)4-3-6(7)5-8-2/h6,8-9H,3-5H2,1-2H3. The molecule has 1 aliphatic carbocycles. The minimum Gasteiger partial charge on any atom is -0.390 e. The normalized spacial score (nSPS) is 42.3. The molecule has 1 fully saturated rings. The fourth-order valence-electron chi connectivity index (χ4n) is 1.33. The van der Waals surface area contributed by atoms with Crippen LogP contribution in [0.1, 0.15) is 19.8 Å². The van der Waals surface area contributed by atoms with Crippen molar-refractivity contribution < 1.29 is 5.11 Å². The Kier molecular flexibility index (Phi) is 1.78. The van der Waals surface area contributed by atoms with E-state index in [2.05, 4.69) is 5.32 Å². The number of rotatable bonds is 2. The van der Waals surface area contributed by atoms with E-state index in [9.17, 15) is 5.11 Å². The molecule has 1 saturated carbocycles. The third kappa shape index (κ3) is 1.25. The molecule has 2 nitrogen and oxygen atoms in total. The van der Waals surface area contributed by atoms with Crippen molar-refractivity contribution in [2.24, 2.45) is 5.92 Å². The van der Waals surface area contributed by atoms with Crippen LogP contribution in [0.15, 0.2) is 0 Å². The molecule has 0 bridgehead atoms. The highest BCUT2D eigenvalue weighted by Crippen LogP contribution is 2.37. The van der Waals surface area contributed by atoms with Crippen molar-refractivity contribution in [1.82, 2.24) is 5.32 Å². The lowest BCUT2D eigenvalue weighted by molar-refractivity contribution is -0.0758. The molecule has 54 valence electrons. The molecule has 0 aromatic rings. The maximum absolute atomic E-state index is 9.46. The molecular weight excluding hydrogens is 114 g/mol. The molecule has 2 unspecified atom stereocenters. The second-order valence-electron chi connectivity index (χ2n) is 3.15. The van der Waals surface area contributed by atoms with Gasteiger partial charge in [-0.3, -0.25) is 0 Å². The average molecular weight is 129 g/mol. The minimum absolute atomic E-state index is 0.372. The SMILES string of the molecule is CNCC1CCC1(C)O. The molecule has 0 aromatic carbocycles. The molecule has 0 spiro atoms. The van der Waals surface area contributed by atoms with Crippen LogP contribution in [0.3, 0.4) is 0 Å². The molecule has 9 heavy (non-hydrogen) atoms. The average Bonchev–Trinajstić information content (AvgIpc) is 1.81. The lowest BCUT2D eigenvalue weighted by Gasteiger charge is -2.42. The van der Waals surface area contributed by atoms with Crippen LogP contribution in [0, 0.1) is 5.92 Å². The fourth-order valence-corrected chi connectivity index (χ4v) is 1.33. The van der Waals surface area contributed by atoms with Gasteiger partial charge >= 0.3 is 0 Å². The van der Waals surface area contributed by atoms with E-state index in [4.69, 9.17) is 0 Å². The lowest BCUT2D eigenvalue weighted by Crippen LogP contribution is -2.48. The zero-order chi connectivity index (χ0) is 6.91. The third-order valence-corrected chi connectivity index (χ3v) is 2.33. The highest BCUT2D eigenvalue weighted by Gasteiger charge is 2.39. The minimum atomic E-state index is -0.372. The predicted molar refractivity (Wildman–Crippen MR) is 37.3 cm³/mol. The van der Waals surface area contributed by atoms with Gasteiger partial charge in [-0.15, -0.1) is 0 Å². The first-order valence-electron chi connectivity index (χ1n) is 3.54. The van der Waals surface area contributed by atoms with Gasteiger partial charge in [0.05, 0.1) is 5.60 Å². The molecule has 0 heterocycles. The van der Waals surface area contributed by atoms with Gasteiger partial charge in [-0.25, -0.2) is 0 Å². The highest BCUT2D eigenvalue weighted by molar-refractivity contribution is 4.92. The lowest BCUT2D eigenvalue weighted by atomic mass is 9.71. The summed E-state index contributed by atoms with van der Waals surface area (Å²) in [6.45, 7) is 2.87. The Hall–Kier alpha value is -0.0800. The Bertz CT molecular complexity index is 101. The van der Waals surface area contributed by atoms with Crippen LogP contribution in [0.5, 0.6) is 0 Å². The maximum Gasteiger partial charge on any atom is 0.0660 e. The van der Waals surface area contributed by atoms with Crippen LogP contribution in [0.4, 0.5) is 0 Å². The van der Waals surface area contributed by atoms with Crippen LogP contribution in [0.2, 0.25) is 0 Å². The molecule has 0 aliphatic heterocycles. The van der Waals surface area contributed by atoms with Crippen molar-refractivity contribution in [2.75, 3.05) is 13.6 Å². The first-order valence-corrected chi connectivity index (χ1v) is 3.54. The van der Waals surface area contributed by atoms with Crippen molar-refractivity contribution in [3.63, 3.8) is 0 Å². The monoisotopic (exact) mass is 129 g/mol. The first kappa shape index (κ1) is 7.03. The van der Waals surface area contributed by atoms with E-state index in [0.29, 0.717) is 5.92 Å². The van der Waals surface area contributed by atoms with E-state index in [1.54, 1.807) is 0 Å². The quantitative estimate of drug-likeness (QED) is 0.564. The molecule has 1 aliphatic rings. The molecule has 2 N–H and O–H groups in total. The molecule has 0 saturated heterocycles. The summed E-state index contributed by atoms with van der Waals surface area (Å²) in [6, 6.07) is 0. The molecule has 0 radical (unpaired) electrons. The zero-order valence-corrected chi connectivity index (χ0v) is 6.15. The Balaban J connectivity index is 2.28. The summed E-state index contributed by atoms with van der Waals surface area (Å²) in [6.07, 6.45) is 2.15. The summed E-state index contributed by atoms with van der Waals surface area (Å²) in [5, 5.41) is 12.5. The summed E-state index contributed by atoms with van der Waals surface area (Å²) < 4.78 is 0. The van der Waals surface area contributed by atoms with E-state index in [-0.39, 0.29) is 5.60 Å². The number of aliphatic hydroxyl groups is 1.